The van der Waals surface area contributed by atoms with E-state index in [0.717, 1.165) is 0 Å². The predicted molar refractivity (Wildman–Crippen MR) is 66.7 cm³/mol. The molecule has 0 bridgehead atoms. The molecular weight excluding hydrogens is 268 g/mol. The number of ether oxygens (including phenoxy) is 4. The number of rotatable bonds is 3. The van der Waals surface area contributed by atoms with Crippen LogP contribution in [0.2, 0.25) is 0 Å². The quantitative estimate of drug-likeness (QED) is 0.554. The molecule has 0 radical (unpaired) electrons. The third-order valence-corrected chi connectivity index (χ3v) is 2.91. The van der Waals surface area contributed by atoms with E-state index in [0.29, 0.717) is 0 Å². The lowest BCUT2D eigenvalue weighted by atomic mass is 9.95. The largest absolute Gasteiger partial charge is 0.456 e. The van der Waals surface area contributed by atoms with Crippen molar-refractivity contribution in [3.8, 4) is 0 Å². The van der Waals surface area contributed by atoms with E-state index >= 15 is 0 Å². The van der Waals surface area contributed by atoms with Crippen LogP contribution in [0.25, 0.3) is 0 Å². The Morgan fingerprint density at radius 1 is 0.700 bits per heavy atom. The first-order valence-corrected chi connectivity index (χ1v) is 6.39. The molecule has 0 aliphatic carbocycles. The van der Waals surface area contributed by atoms with Gasteiger partial charge in [-0.15, -0.1) is 0 Å². The molecule has 1 fully saturated rings. The van der Waals surface area contributed by atoms with Gasteiger partial charge in [0.25, 0.3) is 0 Å². The van der Waals surface area contributed by atoms with E-state index in [-0.39, 0.29) is 0 Å². The highest BCUT2D eigenvalue weighted by atomic mass is 16.6. The van der Waals surface area contributed by atoms with E-state index in [4.69, 9.17) is 18.9 Å². The van der Waals surface area contributed by atoms with E-state index in [9.17, 15) is 14.4 Å². The Morgan fingerprint density at radius 3 is 1.30 bits per heavy atom. The Hall–Kier alpha value is -1.63. The molecule has 1 rings (SSSR count). The van der Waals surface area contributed by atoms with Crippen molar-refractivity contribution >= 4 is 17.9 Å². The van der Waals surface area contributed by atoms with Crippen LogP contribution >= 0.6 is 0 Å². The molecule has 20 heavy (non-hydrogen) atoms. The van der Waals surface area contributed by atoms with Gasteiger partial charge in [0.1, 0.15) is 0 Å². The lowest BCUT2D eigenvalue weighted by Gasteiger charge is -2.42. The minimum Gasteiger partial charge on any atom is -0.456 e. The van der Waals surface area contributed by atoms with E-state index in [1.54, 1.807) is 13.8 Å². The highest BCUT2D eigenvalue weighted by molar-refractivity contribution is 5.68. The van der Waals surface area contributed by atoms with Gasteiger partial charge in [-0.25, -0.2) is 0 Å². The van der Waals surface area contributed by atoms with Gasteiger partial charge in [0, 0.05) is 20.8 Å². The molecule has 0 N–H and O–H groups in total. The molecule has 0 aromatic heterocycles. The number of carbonyl (C=O) groups is 3. The van der Waals surface area contributed by atoms with Crippen LogP contribution in [0.1, 0.15) is 34.6 Å². The molecule has 2 unspecified atom stereocenters. The summed E-state index contributed by atoms with van der Waals surface area (Å²) >= 11 is 0. The molecule has 5 atom stereocenters. The van der Waals surface area contributed by atoms with Crippen molar-refractivity contribution in [2.75, 3.05) is 0 Å². The van der Waals surface area contributed by atoms with Crippen molar-refractivity contribution in [1.82, 2.24) is 0 Å². The standard InChI is InChI=1S/C13H20O7/c1-6-11(18-8(3)14)13(20-10(5)16)12(7(2)17-6)19-9(4)15/h6-7,11-13H,1-5H3/t6-,7?,11-,12-,13?/m0/s1. The first-order chi connectivity index (χ1) is 9.22. The Morgan fingerprint density at radius 2 is 1.00 bits per heavy atom. The lowest BCUT2D eigenvalue weighted by Crippen LogP contribution is -2.59. The van der Waals surface area contributed by atoms with Gasteiger partial charge < -0.3 is 18.9 Å². The summed E-state index contributed by atoms with van der Waals surface area (Å²) in [5.74, 6) is -1.61. The fourth-order valence-corrected chi connectivity index (χ4v) is 2.25. The van der Waals surface area contributed by atoms with Crippen LogP contribution in [0.15, 0.2) is 0 Å². The summed E-state index contributed by atoms with van der Waals surface area (Å²) < 4.78 is 21.1. The van der Waals surface area contributed by atoms with Crippen LogP contribution in [0.4, 0.5) is 0 Å². The summed E-state index contributed by atoms with van der Waals surface area (Å²) in [4.78, 5) is 33.6. The molecule has 0 aromatic carbocycles. The van der Waals surface area contributed by atoms with Gasteiger partial charge in [-0.05, 0) is 13.8 Å². The normalized spacial score (nSPS) is 33.1. The third kappa shape index (κ3) is 4.19. The van der Waals surface area contributed by atoms with Gasteiger partial charge in [0.2, 0.25) is 0 Å². The third-order valence-electron chi connectivity index (χ3n) is 2.91. The molecule has 114 valence electrons. The van der Waals surface area contributed by atoms with Crippen LogP contribution in [-0.4, -0.2) is 48.4 Å². The maximum atomic E-state index is 11.2. The molecule has 7 nitrogen and oxygen atoms in total. The summed E-state index contributed by atoms with van der Waals surface area (Å²) in [7, 11) is 0. The molecule has 1 aliphatic heterocycles. The van der Waals surface area contributed by atoms with Crippen molar-refractivity contribution in [1.29, 1.82) is 0 Å². The molecule has 0 spiro atoms. The van der Waals surface area contributed by atoms with Gasteiger partial charge in [0.05, 0.1) is 12.2 Å². The Balaban J connectivity index is 3.01. The van der Waals surface area contributed by atoms with Crippen molar-refractivity contribution < 1.29 is 33.3 Å². The van der Waals surface area contributed by atoms with Crippen LogP contribution in [-0.2, 0) is 33.3 Å². The predicted octanol–water partition coefficient (Wildman–Crippen LogP) is 0.589. The minimum absolute atomic E-state index is 0.481. The van der Waals surface area contributed by atoms with Crippen LogP contribution in [0.5, 0.6) is 0 Å². The first kappa shape index (κ1) is 16.4. The Bertz CT molecular complexity index is 364. The van der Waals surface area contributed by atoms with E-state index in [1.807, 2.05) is 0 Å². The van der Waals surface area contributed by atoms with Crippen molar-refractivity contribution in [3.05, 3.63) is 0 Å². The average molecular weight is 288 g/mol. The molecule has 0 saturated carbocycles. The maximum Gasteiger partial charge on any atom is 0.303 e. The van der Waals surface area contributed by atoms with Crippen LogP contribution in [0.3, 0.4) is 0 Å². The monoisotopic (exact) mass is 288 g/mol. The summed E-state index contributed by atoms with van der Waals surface area (Å²) in [6.07, 6.45) is -3.50. The number of hydrogen-bond donors (Lipinski definition) is 0. The Kier molecular flexibility index (Phi) is 5.50. The average Bonchev–Trinajstić information content (AvgIpc) is 2.27. The van der Waals surface area contributed by atoms with Crippen molar-refractivity contribution in [2.45, 2.75) is 65.1 Å². The summed E-state index contributed by atoms with van der Waals surface area (Å²) in [6, 6.07) is 0. The number of esters is 3. The van der Waals surface area contributed by atoms with E-state index in [1.165, 1.54) is 20.8 Å². The fourth-order valence-electron chi connectivity index (χ4n) is 2.25. The second kappa shape index (κ2) is 6.69. The van der Waals surface area contributed by atoms with Gasteiger partial charge in [-0.3, -0.25) is 14.4 Å². The number of hydrogen-bond acceptors (Lipinski definition) is 7. The zero-order valence-corrected chi connectivity index (χ0v) is 12.2. The van der Waals surface area contributed by atoms with Gasteiger partial charge >= 0.3 is 17.9 Å². The van der Waals surface area contributed by atoms with Crippen molar-refractivity contribution in [3.63, 3.8) is 0 Å². The summed E-state index contributed by atoms with van der Waals surface area (Å²) in [5, 5.41) is 0. The molecular formula is C13H20O7. The highest BCUT2D eigenvalue weighted by Crippen LogP contribution is 2.28. The topological polar surface area (TPSA) is 88.1 Å². The van der Waals surface area contributed by atoms with Crippen molar-refractivity contribution in [2.24, 2.45) is 0 Å². The zero-order valence-electron chi connectivity index (χ0n) is 12.2. The number of carbonyl (C=O) groups excluding carboxylic acids is 3. The fraction of sp³-hybridized carbons (Fsp3) is 0.769. The molecule has 7 heteroatoms. The molecule has 0 aromatic rings. The van der Waals surface area contributed by atoms with E-state index < -0.39 is 48.4 Å². The molecule has 1 heterocycles. The van der Waals surface area contributed by atoms with Crippen LogP contribution < -0.4 is 0 Å². The summed E-state index contributed by atoms with van der Waals surface area (Å²) in [5.41, 5.74) is 0. The smallest absolute Gasteiger partial charge is 0.303 e. The van der Waals surface area contributed by atoms with Gasteiger partial charge in [-0.2, -0.15) is 0 Å². The second-order valence-electron chi connectivity index (χ2n) is 4.77. The van der Waals surface area contributed by atoms with Gasteiger partial charge in [-0.1, -0.05) is 0 Å². The maximum absolute atomic E-state index is 11.2. The zero-order chi connectivity index (χ0) is 15.4. The SMILES string of the molecule is CC(=O)OC1[C@@H](OC(C)=O)C(C)O[C@@H](C)[C@@H]1OC(C)=O. The summed E-state index contributed by atoms with van der Waals surface area (Å²) in [6.45, 7) is 7.13. The second-order valence-corrected chi connectivity index (χ2v) is 4.77. The lowest BCUT2D eigenvalue weighted by molar-refractivity contribution is -0.240. The molecule has 1 aliphatic rings. The molecule has 0 amide bonds. The van der Waals surface area contributed by atoms with E-state index in [2.05, 4.69) is 0 Å². The van der Waals surface area contributed by atoms with Gasteiger partial charge in [0.15, 0.2) is 18.3 Å². The Labute approximate surface area is 117 Å². The molecule has 1 saturated heterocycles. The minimum atomic E-state index is -0.890. The first-order valence-electron chi connectivity index (χ1n) is 6.39. The highest BCUT2D eigenvalue weighted by Gasteiger charge is 2.48. The van der Waals surface area contributed by atoms with Crippen LogP contribution in [0, 0.1) is 0 Å².